The molecule has 0 aliphatic carbocycles. The molecule has 24 heavy (non-hydrogen) atoms. The largest absolute Gasteiger partial charge is 0.323 e. The predicted octanol–water partition coefficient (Wildman–Crippen LogP) is 3.40. The molecule has 2 aromatic rings. The average Bonchev–Trinajstić information content (AvgIpc) is 2.78. The number of nitrogens with one attached hydrogen (secondary N) is 1. The summed E-state index contributed by atoms with van der Waals surface area (Å²) >= 11 is 1.27. The van der Waals surface area contributed by atoms with Crippen LogP contribution in [0.1, 0.15) is 32.0 Å². The summed E-state index contributed by atoms with van der Waals surface area (Å²) in [6.07, 6.45) is 4.20. The first-order valence-electron chi connectivity index (χ1n) is 7.89. The molecule has 0 saturated carbocycles. The Labute approximate surface area is 142 Å². The summed E-state index contributed by atoms with van der Waals surface area (Å²) in [5, 5.41) is 11.0. The number of nitrogens with zero attached hydrogens (tertiary/aromatic N) is 3. The normalized spacial score (nSPS) is 15.5. The number of fused-ring (bicyclic) bond motifs is 1. The van der Waals surface area contributed by atoms with Crippen molar-refractivity contribution in [3.05, 3.63) is 35.7 Å². The molecular formula is C16H18F2N4OS. The van der Waals surface area contributed by atoms with Gasteiger partial charge >= 0.3 is 0 Å². The number of halogens is 2. The predicted molar refractivity (Wildman–Crippen MR) is 87.9 cm³/mol. The number of aryl methyl sites for hydroxylation is 1. The molecule has 1 atom stereocenters. The molecule has 2 heterocycles. The zero-order chi connectivity index (χ0) is 17.1. The molecule has 128 valence electrons. The quantitative estimate of drug-likeness (QED) is 0.857. The molecule has 3 rings (SSSR count). The maximum Gasteiger partial charge on any atom is 0.237 e. The van der Waals surface area contributed by atoms with Crippen molar-refractivity contribution in [3.8, 4) is 0 Å². The maximum absolute atomic E-state index is 13.6. The number of amides is 1. The number of hydrogen-bond donors (Lipinski definition) is 1. The second kappa shape index (κ2) is 7.29. The molecule has 1 amide bonds. The third-order valence-electron chi connectivity index (χ3n) is 3.91. The Morgan fingerprint density at radius 3 is 2.96 bits per heavy atom. The highest BCUT2D eigenvalue weighted by atomic mass is 32.2. The fourth-order valence-electron chi connectivity index (χ4n) is 2.58. The number of rotatable bonds is 4. The van der Waals surface area contributed by atoms with Crippen LogP contribution in [0.3, 0.4) is 0 Å². The number of benzene rings is 1. The topological polar surface area (TPSA) is 59.8 Å². The van der Waals surface area contributed by atoms with Gasteiger partial charge in [0.05, 0.1) is 10.9 Å². The van der Waals surface area contributed by atoms with E-state index < -0.39 is 22.8 Å². The summed E-state index contributed by atoms with van der Waals surface area (Å²) in [6, 6.07) is 2.96. The Balaban J connectivity index is 1.68. The van der Waals surface area contributed by atoms with E-state index in [1.54, 1.807) is 6.92 Å². The highest BCUT2D eigenvalue weighted by Crippen LogP contribution is 2.26. The van der Waals surface area contributed by atoms with Crippen LogP contribution in [0.15, 0.2) is 23.4 Å². The van der Waals surface area contributed by atoms with Crippen molar-refractivity contribution >= 4 is 23.4 Å². The van der Waals surface area contributed by atoms with Crippen LogP contribution in [0.5, 0.6) is 0 Å². The summed E-state index contributed by atoms with van der Waals surface area (Å²) in [5.41, 5.74) is -0.160. The molecular weight excluding hydrogens is 334 g/mol. The SMILES string of the molecule is C[C@@H](Sc1nnc2n1CCCCC2)C(=O)Nc1cc(F)ccc1F. The van der Waals surface area contributed by atoms with E-state index in [9.17, 15) is 13.6 Å². The van der Waals surface area contributed by atoms with Gasteiger partial charge in [0, 0.05) is 19.0 Å². The van der Waals surface area contributed by atoms with Crippen LogP contribution >= 0.6 is 11.8 Å². The molecule has 1 aliphatic heterocycles. The van der Waals surface area contributed by atoms with Crippen LogP contribution in [0.2, 0.25) is 0 Å². The van der Waals surface area contributed by atoms with Gasteiger partial charge in [-0.2, -0.15) is 0 Å². The van der Waals surface area contributed by atoms with Gasteiger partial charge in [0.2, 0.25) is 5.91 Å². The van der Waals surface area contributed by atoms with Crippen molar-refractivity contribution in [2.24, 2.45) is 0 Å². The van der Waals surface area contributed by atoms with Gasteiger partial charge in [-0.05, 0) is 31.9 Å². The first-order valence-corrected chi connectivity index (χ1v) is 8.77. The lowest BCUT2D eigenvalue weighted by molar-refractivity contribution is -0.115. The second-order valence-corrected chi connectivity index (χ2v) is 7.04. The molecule has 0 radical (unpaired) electrons. The number of thioether (sulfide) groups is 1. The van der Waals surface area contributed by atoms with Gasteiger partial charge in [0.15, 0.2) is 5.16 Å². The third-order valence-corrected chi connectivity index (χ3v) is 4.99. The van der Waals surface area contributed by atoms with E-state index >= 15 is 0 Å². The van der Waals surface area contributed by atoms with E-state index in [1.165, 1.54) is 11.8 Å². The van der Waals surface area contributed by atoms with Crippen LogP contribution in [0.4, 0.5) is 14.5 Å². The fourth-order valence-corrected chi connectivity index (χ4v) is 3.48. The van der Waals surface area contributed by atoms with Gasteiger partial charge < -0.3 is 9.88 Å². The molecule has 1 N–H and O–H groups in total. The van der Waals surface area contributed by atoms with E-state index in [1.807, 2.05) is 4.57 Å². The molecule has 1 aliphatic rings. The molecule has 8 heteroatoms. The van der Waals surface area contributed by atoms with Crippen LogP contribution in [0.25, 0.3) is 0 Å². The highest BCUT2D eigenvalue weighted by molar-refractivity contribution is 8.00. The molecule has 1 aromatic carbocycles. The zero-order valence-electron chi connectivity index (χ0n) is 13.3. The minimum Gasteiger partial charge on any atom is -0.323 e. The lowest BCUT2D eigenvalue weighted by Gasteiger charge is -2.13. The fraction of sp³-hybridized carbons (Fsp3) is 0.438. The Morgan fingerprint density at radius 1 is 1.29 bits per heavy atom. The van der Waals surface area contributed by atoms with E-state index in [-0.39, 0.29) is 5.69 Å². The van der Waals surface area contributed by atoms with Crippen LogP contribution < -0.4 is 5.32 Å². The third kappa shape index (κ3) is 3.75. The van der Waals surface area contributed by atoms with Crippen molar-refractivity contribution < 1.29 is 13.6 Å². The standard InChI is InChI=1S/C16H18F2N4OS/c1-10(15(23)19-13-9-11(17)6-7-12(13)18)24-16-21-20-14-5-3-2-4-8-22(14)16/h6-7,9-10H,2-5,8H2,1H3,(H,19,23)/t10-/m1/s1. The van der Waals surface area contributed by atoms with Gasteiger partial charge in [-0.1, -0.05) is 18.2 Å². The Morgan fingerprint density at radius 2 is 2.12 bits per heavy atom. The highest BCUT2D eigenvalue weighted by Gasteiger charge is 2.22. The van der Waals surface area contributed by atoms with Crippen LogP contribution in [0, 0.1) is 11.6 Å². The van der Waals surface area contributed by atoms with Gasteiger partial charge in [0.1, 0.15) is 17.5 Å². The molecule has 0 bridgehead atoms. The van der Waals surface area contributed by atoms with E-state index in [0.717, 1.165) is 56.3 Å². The Bertz CT molecular complexity index is 750. The van der Waals surface area contributed by atoms with Crippen LogP contribution in [-0.2, 0) is 17.8 Å². The number of anilines is 1. The molecule has 0 unspecified atom stereocenters. The van der Waals surface area contributed by atoms with Crippen molar-refractivity contribution in [2.75, 3.05) is 5.32 Å². The number of hydrogen-bond acceptors (Lipinski definition) is 4. The lowest BCUT2D eigenvalue weighted by Crippen LogP contribution is -2.23. The molecule has 0 fully saturated rings. The first-order chi connectivity index (χ1) is 11.5. The summed E-state index contributed by atoms with van der Waals surface area (Å²) in [6.45, 7) is 2.55. The first kappa shape index (κ1) is 16.9. The summed E-state index contributed by atoms with van der Waals surface area (Å²) in [4.78, 5) is 12.3. The minimum atomic E-state index is -0.668. The van der Waals surface area contributed by atoms with E-state index in [4.69, 9.17) is 0 Å². The van der Waals surface area contributed by atoms with Crippen molar-refractivity contribution in [1.29, 1.82) is 0 Å². The summed E-state index contributed by atoms with van der Waals surface area (Å²) in [7, 11) is 0. The molecule has 0 saturated heterocycles. The van der Waals surface area contributed by atoms with Gasteiger partial charge in [-0.3, -0.25) is 4.79 Å². The van der Waals surface area contributed by atoms with Gasteiger partial charge in [0.25, 0.3) is 0 Å². The molecule has 1 aromatic heterocycles. The van der Waals surface area contributed by atoms with Crippen molar-refractivity contribution in [2.45, 2.75) is 49.6 Å². The van der Waals surface area contributed by atoms with E-state index in [0.29, 0.717) is 5.16 Å². The zero-order valence-corrected chi connectivity index (χ0v) is 14.1. The van der Waals surface area contributed by atoms with Crippen molar-refractivity contribution in [3.63, 3.8) is 0 Å². The lowest BCUT2D eigenvalue weighted by atomic mass is 10.2. The Hall–Kier alpha value is -1.96. The average molecular weight is 352 g/mol. The smallest absolute Gasteiger partial charge is 0.237 e. The minimum absolute atomic E-state index is 0.160. The number of carbonyl (C=O) groups is 1. The van der Waals surface area contributed by atoms with E-state index in [2.05, 4.69) is 15.5 Å². The van der Waals surface area contributed by atoms with Crippen LogP contribution in [-0.4, -0.2) is 25.9 Å². The monoisotopic (exact) mass is 352 g/mol. The summed E-state index contributed by atoms with van der Waals surface area (Å²) < 4.78 is 28.9. The second-order valence-electron chi connectivity index (χ2n) is 5.73. The number of aromatic nitrogens is 3. The number of carbonyl (C=O) groups excluding carboxylic acids is 1. The molecule has 0 spiro atoms. The maximum atomic E-state index is 13.6. The van der Waals surface area contributed by atoms with Gasteiger partial charge in [-0.25, -0.2) is 8.78 Å². The Kier molecular flexibility index (Phi) is 5.13. The van der Waals surface area contributed by atoms with Gasteiger partial charge in [-0.15, -0.1) is 10.2 Å². The molecule has 5 nitrogen and oxygen atoms in total. The summed E-state index contributed by atoms with van der Waals surface area (Å²) in [5.74, 6) is -0.734. The van der Waals surface area contributed by atoms with Crippen molar-refractivity contribution in [1.82, 2.24) is 14.8 Å².